The van der Waals surface area contributed by atoms with E-state index >= 15 is 8.78 Å². The number of amides is 2. The van der Waals surface area contributed by atoms with Gasteiger partial charge in [-0.15, -0.1) is 0 Å². The summed E-state index contributed by atoms with van der Waals surface area (Å²) >= 11 is 9.36. The van der Waals surface area contributed by atoms with Crippen molar-refractivity contribution in [1.82, 2.24) is 39.0 Å². The van der Waals surface area contributed by atoms with Crippen molar-refractivity contribution in [3.8, 4) is 0 Å². The zero-order valence-corrected chi connectivity index (χ0v) is 34.3. The highest BCUT2D eigenvalue weighted by Gasteiger charge is 2.55. The second-order valence-electron chi connectivity index (χ2n) is 13.9. The largest absolute Gasteiger partial charge is 0.386 e. The van der Waals surface area contributed by atoms with Crippen molar-refractivity contribution in [3.63, 3.8) is 0 Å². The maximum atomic E-state index is 16.6. The molecular formula is C32H34F2N10O11P2S2. The molecule has 0 bridgehead atoms. The Morgan fingerprint density at radius 3 is 2.36 bits per heavy atom. The molecule has 1 aromatic carbocycles. The normalized spacial score (nSPS) is 32.6. The SMILES string of the molecule is CC(C)C(=O)Nc1nc2c(ncn2[C@@H]2O[C@@H]3COP(O)(=S)O[C@H]4[C@@H](F)[C@H](n5cnc6c(NC(=O)c7ccccc7)ncnc65)O[C@@H]4[C@H](C)OP(=O)(S)O[C@H]3[C@H]2F)c(=O)[nH]1. The number of nitrogens with one attached hydrogen (secondary N) is 3. The first-order chi connectivity index (χ1) is 28.0. The number of hydrogen-bond donors (Lipinski definition) is 5. The third-order valence-electron chi connectivity index (χ3n) is 9.52. The van der Waals surface area contributed by atoms with Gasteiger partial charge in [-0.25, -0.2) is 33.3 Å². The number of alkyl halides is 2. The molecule has 8 rings (SSSR count). The molecule has 2 unspecified atom stereocenters. The smallest absolute Gasteiger partial charge is 0.346 e. The van der Waals surface area contributed by atoms with E-state index in [2.05, 4.69) is 52.8 Å². The molecular weight excluding hydrogens is 864 g/mol. The minimum absolute atomic E-state index is 0.0232. The van der Waals surface area contributed by atoms with Crippen molar-refractivity contribution in [2.45, 2.75) is 76.1 Å². The molecule has 3 saturated heterocycles. The summed E-state index contributed by atoms with van der Waals surface area (Å²) in [4.78, 5) is 72.5. The maximum absolute atomic E-state index is 16.6. The fourth-order valence-corrected chi connectivity index (χ4v) is 10.0. The highest BCUT2D eigenvalue weighted by atomic mass is 32.7. The van der Waals surface area contributed by atoms with Crippen molar-refractivity contribution in [2.75, 3.05) is 17.2 Å². The number of benzene rings is 1. The number of H-pyrrole nitrogens is 1. The van der Waals surface area contributed by atoms with Crippen LogP contribution in [0.15, 0.2) is 54.1 Å². The predicted molar refractivity (Wildman–Crippen MR) is 208 cm³/mol. The number of thiol groups is 1. The first kappa shape index (κ1) is 41.6. The summed E-state index contributed by atoms with van der Waals surface area (Å²) in [5.41, 5.74) is -0.688. The molecule has 0 radical (unpaired) electrons. The number of nitrogens with zero attached hydrogens (tertiary/aromatic N) is 7. The van der Waals surface area contributed by atoms with Gasteiger partial charge in [0.25, 0.3) is 11.5 Å². The van der Waals surface area contributed by atoms with Crippen LogP contribution >= 0.6 is 25.8 Å². The summed E-state index contributed by atoms with van der Waals surface area (Å²) in [7, 11) is 0. The number of halogens is 2. The molecule has 4 N–H and O–H groups in total. The van der Waals surface area contributed by atoms with Crippen LogP contribution in [0.2, 0.25) is 0 Å². The van der Waals surface area contributed by atoms with Crippen molar-refractivity contribution >= 4 is 83.5 Å². The molecule has 0 spiro atoms. The van der Waals surface area contributed by atoms with Crippen LogP contribution in [-0.4, -0.2) is 105 Å². The molecule has 0 saturated carbocycles. The van der Waals surface area contributed by atoms with Gasteiger partial charge in [-0.05, 0) is 30.9 Å². The van der Waals surface area contributed by atoms with E-state index in [-0.39, 0.29) is 34.1 Å². The van der Waals surface area contributed by atoms with Crippen LogP contribution in [0, 0.1) is 5.92 Å². The lowest BCUT2D eigenvalue weighted by molar-refractivity contribution is -0.118. The average molecular weight is 899 g/mol. The maximum Gasteiger partial charge on any atom is 0.386 e. The Labute approximate surface area is 341 Å². The third-order valence-corrected chi connectivity index (χ3v) is 12.8. The van der Waals surface area contributed by atoms with Gasteiger partial charge >= 0.3 is 13.5 Å². The Balaban J connectivity index is 1.05. The van der Waals surface area contributed by atoms with E-state index in [9.17, 15) is 23.8 Å². The van der Waals surface area contributed by atoms with E-state index in [0.29, 0.717) is 5.56 Å². The number of fused-ring (bicyclic) bond motifs is 4. The number of rotatable bonds is 6. The van der Waals surface area contributed by atoms with Gasteiger partial charge in [0.15, 0.2) is 52.9 Å². The fraction of sp³-hybridized carbons (Fsp3) is 0.438. The molecule has 27 heteroatoms. The number of aromatic nitrogens is 8. The van der Waals surface area contributed by atoms with Crippen LogP contribution < -0.4 is 16.2 Å². The quantitative estimate of drug-likeness (QED) is 0.120. The number of carbonyl (C=O) groups is 2. The van der Waals surface area contributed by atoms with Crippen LogP contribution in [0.1, 0.15) is 43.6 Å². The van der Waals surface area contributed by atoms with Crippen molar-refractivity contribution in [2.24, 2.45) is 5.92 Å². The van der Waals surface area contributed by atoms with Crippen LogP contribution in [-0.2, 0) is 48.7 Å². The van der Waals surface area contributed by atoms with Crippen molar-refractivity contribution < 1.29 is 55.4 Å². The minimum Gasteiger partial charge on any atom is -0.346 e. The zero-order chi connectivity index (χ0) is 42.0. The lowest BCUT2D eigenvalue weighted by Gasteiger charge is -2.31. The summed E-state index contributed by atoms with van der Waals surface area (Å²) in [6.45, 7) is -5.20. The van der Waals surface area contributed by atoms with E-state index in [0.717, 1.165) is 17.2 Å². The predicted octanol–water partition coefficient (Wildman–Crippen LogP) is 3.74. The van der Waals surface area contributed by atoms with Gasteiger partial charge < -0.3 is 24.2 Å². The lowest BCUT2D eigenvalue weighted by Crippen LogP contribution is -2.40. The van der Waals surface area contributed by atoms with E-state index in [1.807, 2.05) is 0 Å². The Morgan fingerprint density at radius 1 is 0.949 bits per heavy atom. The average Bonchev–Trinajstić information content (AvgIpc) is 3.95. The first-order valence-electron chi connectivity index (χ1n) is 17.8. The minimum atomic E-state index is -4.60. The van der Waals surface area contributed by atoms with Gasteiger partial charge in [-0.2, -0.15) is 4.98 Å². The lowest BCUT2D eigenvalue weighted by atomic mass is 10.1. The molecule has 7 heterocycles. The van der Waals surface area contributed by atoms with Crippen LogP contribution in [0.5, 0.6) is 0 Å². The van der Waals surface area contributed by atoms with E-state index in [1.165, 1.54) is 17.8 Å². The van der Waals surface area contributed by atoms with E-state index in [1.54, 1.807) is 44.2 Å². The monoisotopic (exact) mass is 898 g/mol. The van der Waals surface area contributed by atoms with Gasteiger partial charge in [-0.3, -0.25) is 47.4 Å². The highest BCUT2D eigenvalue weighted by molar-refractivity contribution is 8.44. The Morgan fingerprint density at radius 2 is 1.63 bits per heavy atom. The summed E-state index contributed by atoms with van der Waals surface area (Å²) in [5.74, 6) is -1.63. The number of imidazole rings is 2. The molecule has 21 nitrogen and oxygen atoms in total. The first-order valence-corrected chi connectivity index (χ1v) is 23.0. The summed E-state index contributed by atoms with van der Waals surface area (Å²) in [6, 6.07) is 8.32. The van der Waals surface area contributed by atoms with Crippen LogP contribution in [0.4, 0.5) is 20.5 Å². The molecule has 3 fully saturated rings. The molecule has 314 valence electrons. The molecule has 0 aliphatic carbocycles. The molecule has 59 heavy (non-hydrogen) atoms. The van der Waals surface area contributed by atoms with Gasteiger partial charge in [-0.1, -0.05) is 44.3 Å². The van der Waals surface area contributed by atoms with Crippen molar-refractivity contribution in [3.05, 3.63) is 65.2 Å². The van der Waals surface area contributed by atoms with Gasteiger partial charge in [0.1, 0.15) is 30.7 Å². The standard InChI is InChI=1S/C32H34F2N10O11P2S2/c1-13(2)27(45)41-32-40-26-20(29(47)42-32)38-12-44(26)30-17(33)22-16(51-30)9-50-56(48,58)55-23-18(34)31(52-21(23)14(3)53-57(49,59)54-22)43-11-37-19-24(35-10-36-25(19)43)39-28(46)15-7-5-4-6-8-15/h4-8,10-14,16-18,21-23,30-31H,9H2,1-3H3,(H,48,58)(H,49,59)(H,35,36,39,46)(H2,40,41,42,45,47)/t14-,16+,17+,18+,21+,22+,23-,30+,31+,56?,57?/m0/s1. The number of carbonyl (C=O) groups excluding carboxylic acids is 2. The summed E-state index contributed by atoms with van der Waals surface area (Å²) < 4.78 is 83.8. The van der Waals surface area contributed by atoms with Crippen LogP contribution in [0.3, 0.4) is 0 Å². The highest BCUT2D eigenvalue weighted by Crippen LogP contribution is 2.60. The molecule has 3 aliphatic heterocycles. The number of aromatic amines is 1. The number of anilines is 2. The van der Waals surface area contributed by atoms with Gasteiger partial charge in [0.2, 0.25) is 11.9 Å². The van der Waals surface area contributed by atoms with Crippen molar-refractivity contribution in [1.29, 1.82) is 0 Å². The fourth-order valence-electron chi connectivity index (χ4n) is 6.68. The molecule has 2 amide bonds. The Bertz CT molecular complexity index is 2590. The topological polar surface area (TPSA) is 258 Å². The van der Waals surface area contributed by atoms with Crippen LogP contribution in [0.25, 0.3) is 22.3 Å². The zero-order valence-electron chi connectivity index (χ0n) is 30.8. The number of hydrogen-bond acceptors (Lipinski definition) is 16. The van der Waals surface area contributed by atoms with Gasteiger partial charge in [0.05, 0.1) is 25.4 Å². The van der Waals surface area contributed by atoms with E-state index in [4.69, 9.17) is 39.4 Å². The molecule has 3 aliphatic rings. The Hall–Kier alpha value is -4.13. The van der Waals surface area contributed by atoms with E-state index < -0.39 is 98.7 Å². The Kier molecular flexibility index (Phi) is 11.3. The second-order valence-corrected chi connectivity index (χ2v) is 19.5. The molecule has 4 aromatic heterocycles. The third kappa shape index (κ3) is 8.21. The second kappa shape index (κ2) is 16.0. The molecule has 5 aromatic rings. The number of ether oxygens (including phenoxy) is 2. The summed E-state index contributed by atoms with van der Waals surface area (Å²) in [5, 5.41) is 5.12. The molecule has 11 atom stereocenters. The summed E-state index contributed by atoms with van der Waals surface area (Å²) in [6.07, 6.45) is -12.1. The van der Waals surface area contributed by atoms with Gasteiger partial charge in [0, 0.05) is 11.5 Å².